The predicted molar refractivity (Wildman–Crippen MR) is 120 cm³/mol. The molecule has 3 heterocycles. The maximum atomic E-state index is 12.5. The second kappa shape index (κ2) is 9.67. The summed E-state index contributed by atoms with van der Waals surface area (Å²) in [7, 11) is -3.36. The standard InChI is InChI=1S/C20H21N5O6S2/c1-33(28,29)23-15-6-4-14(5-7-15)18-21-22-20(31-18)32-13-17(26)24-8-10-25(11-9-24)19(27)16-3-2-12-30-16/h2-7,12,23H,8-11,13H2,1H3. The van der Waals surface area contributed by atoms with Gasteiger partial charge in [0, 0.05) is 37.4 Å². The fraction of sp³-hybridized carbons (Fsp3) is 0.300. The number of benzene rings is 1. The third-order valence-corrected chi connectivity index (χ3v) is 6.22. The van der Waals surface area contributed by atoms with Gasteiger partial charge < -0.3 is 18.6 Å². The average molecular weight is 492 g/mol. The van der Waals surface area contributed by atoms with Gasteiger partial charge in [-0.25, -0.2) is 8.42 Å². The topological polar surface area (TPSA) is 139 Å². The number of amides is 2. The van der Waals surface area contributed by atoms with E-state index in [0.717, 1.165) is 18.0 Å². The first-order chi connectivity index (χ1) is 15.8. The third kappa shape index (κ3) is 5.93. The number of carbonyl (C=O) groups is 2. The van der Waals surface area contributed by atoms with Crippen molar-refractivity contribution < 1.29 is 26.8 Å². The van der Waals surface area contributed by atoms with Crippen LogP contribution in [-0.4, -0.2) is 78.4 Å². The number of piperazine rings is 1. The van der Waals surface area contributed by atoms with Gasteiger partial charge in [-0.3, -0.25) is 14.3 Å². The fourth-order valence-corrected chi connectivity index (χ4v) is 4.44. The van der Waals surface area contributed by atoms with Gasteiger partial charge in [-0.2, -0.15) is 0 Å². The quantitative estimate of drug-likeness (QED) is 0.490. The smallest absolute Gasteiger partial charge is 0.289 e. The summed E-state index contributed by atoms with van der Waals surface area (Å²) < 4.78 is 35.7. The van der Waals surface area contributed by atoms with Gasteiger partial charge in [0.05, 0.1) is 18.3 Å². The first-order valence-electron chi connectivity index (χ1n) is 9.93. The number of thioether (sulfide) groups is 1. The Morgan fingerprint density at radius 1 is 1.06 bits per heavy atom. The molecule has 2 aromatic heterocycles. The van der Waals surface area contributed by atoms with E-state index >= 15 is 0 Å². The second-order valence-electron chi connectivity index (χ2n) is 7.26. The Bertz CT molecular complexity index is 1220. The number of nitrogens with zero attached hydrogens (tertiary/aromatic N) is 4. The van der Waals surface area contributed by atoms with Crippen molar-refractivity contribution >= 4 is 39.3 Å². The lowest BCUT2D eigenvalue weighted by atomic mass is 10.2. The van der Waals surface area contributed by atoms with E-state index < -0.39 is 10.0 Å². The Kier molecular flexibility index (Phi) is 6.70. The number of furan rings is 1. The molecule has 33 heavy (non-hydrogen) atoms. The Balaban J connectivity index is 1.26. The van der Waals surface area contributed by atoms with Gasteiger partial charge in [0.1, 0.15) is 0 Å². The van der Waals surface area contributed by atoms with E-state index in [0.29, 0.717) is 43.2 Å². The molecule has 1 saturated heterocycles. The molecule has 0 bridgehead atoms. The summed E-state index contributed by atoms with van der Waals surface area (Å²) in [6.45, 7) is 1.75. The number of nitrogens with one attached hydrogen (secondary N) is 1. The van der Waals surface area contributed by atoms with E-state index in [1.165, 1.54) is 6.26 Å². The SMILES string of the molecule is CS(=O)(=O)Nc1ccc(-c2nnc(SCC(=O)N3CCN(C(=O)c4ccco4)CC3)o2)cc1. The minimum Gasteiger partial charge on any atom is -0.459 e. The molecule has 3 aromatic rings. The van der Waals surface area contributed by atoms with Crippen molar-refractivity contribution in [3.63, 3.8) is 0 Å². The number of hydrogen-bond acceptors (Lipinski definition) is 9. The molecule has 1 fully saturated rings. The van der Waals surface area contributed by atoms with Crippen molar-refractivity contribution in [2.75, 3.05) is 42.9 Å². The van der Waals surface area contributed by atoms with Crippen LogP contribution in [0.3, 0.4) is 0 Å². The van der Waals surface area contributed by atoms with Gasteiger partial charge in [-0.05, 0) is 36.4 Å². The van der Waals surface area contributed by atoms with Crippen molar-refractivity contribution in [2.45, 2.75) is 5.22 Å². The minimum atomic E-state index is -3.36. The van der Waals surface area contributed by atoms with Gasteiger partial charge >= 0.3 is 0 Å². The van der Waals surface area contributed by atoms with Gasteiger partial charge in [0.2, 0.25) is 21.8 Å². The van der Waals surface area contributed by atoms with Crippen molar-refractivity contribution in [2.24, 2.45) is 0 Å². The third-order valence-electron chi connectivity index (χ3n) is 4.81. The Hall–Kier alpha value is -3.32. The Morgan fingerprint density at radius 3 is 2.39 bits per heavy atom. The summed E-state index contributed by atoms with van der Waals surface area (Å²) >= 11 is 1.14. The first kappa shape index (κ1) is 22.9. The molecule has 1 N–H and O–H groups in total. The van der Waals surface area contributed by atoms with Crippen LogP contribution in [0.5, 0.6) is 0 Å². The zero-order chi connectivity index (χ0) is 23.4. The highest BCUT2D eigenvalue weighted by Gasteiger charge is 2.26. The summed E-state index contributed by atoms with van der Waals surface area (Å²) in [4.78, 5) is 28.2. The summed E-state index contributed by atoms with van der Waals surface area (Å²) in [6.07, 6.45) is 2.53. The van der Waals surface area contributed by atoms with E-state index in [9.17, 15) is 18.0 Å². The molecule has 0 saturated carbocycles. The molecule has 0 aliphatic carbocycles. The number of anilines is 1. The van der Waals surface area contributed by atoms with Gasteiger partial charge in [0.15, 0.2) is 5.76 Å². The van der Waals surface area contributed by atoms with Gasteiger partial charge in [0.25, 0.3) is 11.1 Å². The molecule has 2 amide bonds. The molecule has 0 spiro atoms. The van der Waals surface area contributed by atoms with Gasteiger partial charge in [-0.15, -0.1) is 10.2 Å². The summed E-state index contributed by atoms with van der Waals surface area (Å²) in [5.41, 5.74) is 1.05. The molecular weight excluding hydrogens is 470 g/mol. The lowest BCUT2D eigenvalue weighted by molar-refractivity contribution is -0.129. The van der Waals surface area contributed by atoms with E-state index in [1.807, 2.05) is 0 Å². The summed E-state index contributed by atoms with van der Waals surface area (Å²) in [5.74, 6) is 0.422. The van der Waals surface area contributed by atoms with Crippen LogP contribution in [0.25, 0.3) is 11.5 Å². The largest absolute Gasteiger partial charge is 0.459 e. The van der Waals surface area contributed by atoms with Crippen LogP contribution in [0, 0.1) is 0 Å². The molecule has 1 aliphatic heterocycles. The summed E-state index contributed by atoms with van der Waals surface area (Å²) in [6, 6.07) is 9.78. The molecule has 1 aliphatic rings. The van der Waals surface area contributed by atoms with Gasteiger partial charge in [-0.1, -0.05) is 11.8 Å². The highest BCUT2D eigenvalue weighted by Crippen LogP contribution is 2.25. The van der Waals surface area contributed by atoms with Crippen LogP contribution in [-0.2, 0) is 14.8 Å². The Morgan fingerprint density at radius 2 is 1.76 bits per heavy atom. The van der Waals surface area contributed by atoms with E-state index in [4.69, 9.17) is 8.83 Å². The number of rotatable bonds is 7. The van der Waals surface area contributed by atoms with Crippen LogP contribution in [0.1, 0.15) is 10.6 Å². The molecule has 174 valence electrons. The van der Waals surface area contributed by atoms with Crippen LogP contribution in [0.15, 0.2) is 56.7 Å². The minimum absolute atomic E-state index is 0.0824. The molecule has 0 unspecified atom stereocenters. The monoisotopic (exact) mass is 491 g/mol. The summed E-state index contributed by atoms with van der Waals surface area (Å²) in [5, 5.41) is 8.19. The lowest BCUT2D eigenvalue weighted by Crippen LogP contribution is -2.51. The highest BCUT2D eigenvalue weighted by molar-refractivity contribution is 7.99. The van der Waals surface area contributed by atoms with E-state index in [-0.39, 0.29) is 28.7 Å². The predicted octanol–water partition coefficient (Wildman–Crippen LogP) is 1.78. The highest BCUT2D eigenvalue weighted by atomic mass is 32.2. The number of sulfonamides is 1. The second-order valence-corrected chi connectivity index (χ2v) is 9.94. The van der Waals surface area contributed by atoms with Crippen LogP contribution < -0.4 is 4.72 Å². The Labute approximate surface area is 194 Å². The number of aromatic nitrogens is 2. The van der Waals surface area contributed by atoms with Crippen LogP contribution >= 0.6 is 11.8 Å². The molecule has 4 rings (SSSR count). The number of carbonyl (C=O) groups excluding carboxylic acids is 2. The zero-order valence-electron chi connectivity index (χ0n) is 17.6. The van der Waals surface area contributed by atoms with Crippen molar-refractivity contribution in [3.8, 4) is 11.5 Å². The maximum Gasteiger partial charge on any atom is 0.289 e. The normalized spacial score (nSPS) is 14.3. The molecular formula is C20H21N5O6S2. The fourth-order valence-electron chi connectivity index (χ4n) is 3.21. The van der Waals surface area contributed by atoms with Crippen molar-refractivity contribution in [1.29, 1.82) is 0 Å². The average Bonchev–Trinajstić information content (AvgIpc) is 3.49. The zero-order valence-corrected chi connectivity index (χ0v) is 19.3. The molecule has 0 radical (unpaired) electrons. The maximum absolute atomic E-state index is 12.5. The first-order valence-corrected chi connectivity index (χ1v) is 12.8. The lowest BCUT2D eigenvalue weighted by Gasteiger charge is -2.34. The number of hydrogen-bond donors (Lipinski definition) is 1. The molecule has 11 nitrogen and oxygen atoms in total. The van der Waals surface area contributed by atoms with Crippen LogP contribution in [0.2, 0.25) is 0 Å². The molecule has 1 aromatic carbocycles. The molecule has 13 heteroatoms. The van der Waals surface area contributed by atoms with E-state index in [1.54, 1.807) is 46.2 Å². The molecule has 0 atom stereocenters. The van der Waals surface area contributed by atoms with Crippen molar-refractivity contribution in [3.05, 3.63) is 48.4 Å². The van der Waals surface area contributed by atoms with Crippen LogP contribution in [0.4, 0.5) is 5.69 Å². The van der Waals surface area contributed by atoms with E-state index in [2.05, 4.69) is 14.9 Å². The van der Waals surface area contributed by atoms with Crippen molar-refractivity contribution in [1.82, 2.24) is 20.0 Å².